The molecule has 0 amide bonds. The van der Waals surface area contributed by atoms with Crippen LogP contribution in [0.5, 0.6) is 0 Å². The lowest BCUT2D eigenvalue weighted by molar-refractivity contribution is -0.0361. The van der Waals surface area contributed by atoms with Crippen molar-refractivity contribution < 1.29 is 9.26 Å². The maximum Gasteiger partial charge on any atom is 0.243 e. The fourth-order valence-corrected chi connectivity index (χ4v) is 2.28. The van der Waals surface area contributed by atoms with Gasteiger partial charge in [-0.25, -0.2) is 0 Å². The zero-order valence-electron chi connectivity index (χ0n) is 10.4. The number of hydrogen-bond acceptors (Lipinski definition) is 5. The van der Waals surface area contributed by atoms with Gasteiger partial charge in [0.1, 0.15) is 0 Å². The van der Waals surface area contributed by atoms with E-state index in [1.807, 2.05) is 0 Å². The SMILES string of the molecule is C[C@H](c1nc(C2CC2)no1)N1CCO[C@@H](C)C1. The van der Waals surface area contributed by atoms with E-state index in [1.54, 1.807) is 0 Å². The first-order valence-electron chi connectivity index (χ1n) is 6.43. The maximum absolute atomic E-state index is 5.54. The maximum atomic E-state index is 5.54. The third kappa shape index (κ3) is 2.35. The summed E-state index contributed by atoms with van der Waals surface area (Å²) in [7, 11) is 0. The lowest BCUT2D eigenvalue weighted by atomic mass is 10.2. The summed E-state index contributed by atoms with van der Waals surface area (Å²) in [5.41, 5.74) is 0. The van der Waals surface area contributed by atoms with Crippen LogP contribution in [0.4, 0.5) is 0 Å². The standard InChI is InChI=1S/C12H19N3O2/c1-8-7-15(5-6-16-8)9(2)12-13-11(14-17-12)10-3-4-10/h8-10H,3-7H2,1-2H3/t8-,9+/m0/s1. The summed E-state index contributed by atoms with van der Waals surface area (Å²) in [6, 6.07) is 0.196. The Bertz CT molecular complexity index is 389. The van der Waals surface area contributed by atoms with Crippen molar-refractivity contribution in [1.29, 1.82) is 0 Å². The molecule has 94 valence electrons. The minimum absolute atomic E-state index is 0.196. The molecular weight excluding hydrogens is 218 g/mol. The van der Waals surface area contributed by atoms with Gasteiger partial charge in [-0.15, -0.1) is 0 Å². The third-order valence-corrected chi connectivity index (χ3v) is 3.58. The van der Waals surface area contributed by atoms with Crippen molar-refractivity contribution in [2.24, 2.45) is 0 Å². The van der Waals surface area contributed by atoms with E-state index in [2.05, 4.69) is 28.9 Å². The van der Waals surface area contributed by atoms with Gasteiger partial charge in [-0.1, -0.05) is 5.16 Å². The van der Waals surface area contributed by atoms with Crippen molar-refractivity contribution >= 4 is 0 Å². The highest BCUT2D eigenvalue weighted by atomic mass is 16.5. The minimum Gasteiger partial charge on any atom is -0.376 e. The molecule has 1 saturated heterocycles. The van der Waals surface area contributed by atoms with Gasteiger partial charge in [0.2, 0.25) is 5.89 Å². The highest BCUT2D eigenvalue weighted by Crippen LogP contribution is 2.38. The molecule has 2 atom stereocenters. The first kappa shape index (κ1) is 11.2. The average molecular weight is 237 g/mol. The van der Waals surface area contributed by atoms with Crippen LogP contribution >= 0.6 is 0 Å². The van der Waals surface area contributed by atoms with Gasteiger partial charge < -0.3 is 9.26 Å². The molecule has 0 bridgehead atoms. The van der Waals surface area contributed by atoms with Gasteiger partial charge in [-0.3, -0.25) is 4.90 Å². The largest absolute Gasteiger partial charge is 0.376 e. The monoisotopic (exact) mass is 237 g/mol. The molecule has 1 aliphatic heterocycles. The van der Waals surface area contributed by atoms with Gasteiger partial charge in [0.25, 0.3) is 0 Å². The summed E-state index contributed by atoms with van der Waals surface area (Å²) in [4.78, 5) is 6.86. The molecule has 3 rings (SSSR count). The van der Waals surface area contributed by atoms with Crippen molar-refractivity contribution in [3.8, 4) is 0 Å². The molecule has 1 saturated carbocycles. The fraction of sp³-hybridized carbons (Fsp3) is 0.833. The van der Waals surface area contributed by atoms with Gasteiger partial charge in [0, 0.05) is 19.0 Å². The van der Waals surface area contributed by atoms with Crippen LogP contribution in [0.15, 0.2) is 4.52 Å². The average Bonchev–Trinajstić information content (AvgIpc) is 3.07. The number of morpholine rings is 1. The quantitative estimate of drug-likeness (QED) is 0.801. The molecule has 0 unspecified atom stereocenters. The minimum atomic E-state index is 0.196. The van der Waals surface area contributed by atoms with Gasteiger partial charge in [-0.2, -0.15) is 4.98 Å². The van der Waals surface area contributed by atoms with Gasteiger partial charge >= 0.3 is 0 Å². The number of ether oxygens (including phenoxy) is 1. The van der Waals surface area contributed by atoms with Crippen LogP contribution in [-0.2, 0) is 4.74 Å². The molecule has 17 heavy (non-hydrogen) atoms. The van der Waals surface area contributed by atoms with Crippen molar-refractivity contribution in [3.63, 3.8) is 0 Å². The number of nitrogens with zero attached hydrogens (tertiary/aromatic N) is 3. The topological polar surface area (TPSA) is 51.4 Å². The van der Waals surface area contributed by atoms with Crippen LogP contribution in [0.1, 0.15) is 50.4 Å². The van der Waals surface area contributed by atoms with Crippen LogP contribution in [-0.4, -0.2) is 40.8 Å². The van der Waals surface area contributed by atoms with Crippen molar-refractivity contribution in [1.82, 2.24) is 15.0 Å². The summed E-state index contributed by atoms with van der Waals surface area (Å²) < 4.78 is 10.9. The molecule has 1 aliphatic carbocycles. The Labute approximate surface area is 101 Å². The second kappa shape index (κ2) is 4.38. The molecule has 2 aliphatic rings. The van der Waals surface area contributed by atoms with Crippen molar-refractivity contribution in [2.45, 2.75) is 44.8 Å². The lowest BCUT2D eigenvalue weighted by Gasteiger charge is -2.33. The molecule has 1 aromatic heterocycles. The predicted octanol–water partition coefficient (Wildman–Crippen LogP) is 1.73. The molecule has 5 heteroatoms. The number of hydrogen-bond donors (Lipinski definition) is 0. The molecule has 2 fully saturated rings. The van der Waals surface area contributed by atoms with E-state index >= 15 is 0 Å². The van der Waals surface area contributed by atoms with Crippen LogP contribution < -0.4 is 0 Å². The molecular formula is C12H19N3O2. The van der Waals surface area contributed by atoms with E-state index in [4.69, 9.17) is 9.26 Å². The first-order chi connectivity index (χ1) is 8.24. The van der Waals surface area contributed by atoms with E-state index in [-0.39, 0.29) is 12.1 Å². The Kier molecular flexibility index (Phi) is 2.88. The molecule has 1 aromatic rings. The second-order valence-electron chi connectivity index (χ2n) is 5.12. The third-order valence-electron chi connectivity index (χ3n) is 3.58. The number of rotatable bonds is 3. The molecule has 5 nitrogen and oxygen atoms in total. The Morgan fingerprint density at radius 1 is 1.41 bits per heavy atom. The van der Waals surface area contributed by atoms with Crippen molar-refractivity contribution in [3.05, 3.63) is 11.7 Å². The van der Waals surface area contributed by atoms with Gasteiger partial charge in [0.15, 0.2) is 5.82 Å². The van der Waals surface area contributed by atoms with Gasteiger partial charge in [0.05, 0.1) is 18.8 Å². The van der Waals surface area contributed by atoms with E-state index in [9.17, 15) is 0 Å². The summed E-state index contributed by atoms with van der Waals surface area (Å²) in [6.45, 7) is 6.88. The highest BCUT2D eigenvalue weighted by Gasteiger charge is 2.31. The fourth-order valence-electron chi connectivity index (χ4n) is 2.28. The van der Waals surface area contributed by atoms with E-state index in [1.165, 1.54) is 12.8 Å². The second-order valence-corrected chi connectivity index (χ2v) is 5.12. The first-order valence-corrected chi connectivity index (χ1v) is 6.43. The lowest BCUT2D eigenvalue weighted by Crippen LogP contribution is -2.42. The predicted molar refractivity (Wildman–Crippen MR) is 61.7 cm³/mol. The van der Waals surface area contributed by atoms with E-state index in [0.29, 0.717) is 5.92 Å². The Balaban J connectivity index is 1.68. The van der Waals surface area contributed by atoms with Crippen LogP contribution in [0.3, 0.4) is 0 Å². The zero-order valence-corrected chi connectivity index (χ0v) is 10.4. The molecule has 2 heterocycles. The molecule has 0 N–H and O–H groups in total. The van der Waals surface area contributed by atoms with Crippen molar-refractivity contribution in [2.75, 3.05) is 19.7 Å². The summed E-state index contributed by atoms with van der Waals surface area (Å²) in [5, 5.41) is 4.07. The summed E-state index contributed by atoms with van der Waals surface area (Å²) >= 11 is 0. The van der Waals surface area contributed by atoms with Crippen LogP contribution in [0, 0.1) is 0 Å². The summed E-state index contributed by atoms with van der Waals surface area (Å²) in [6.07, 6.45) is 2.71. The highest BCUT2D eigenvalue weighted by molar-refractivity contribution is 5.04. The van der Waals surface area contributed by atoms with Gasteiger partial charge in [-0.05, 0) is 26.7 Å². The van der Waals surface area contributed by atoms with E-state index in [0.717, 1.165) is 31.4 Å². The Morgan fingerprint density at radius 2 is 2.24 bits per heavy atom. The number of aromatic nitrogens is 2. The van der Waals surface area contributed by atoms with Crippen LogP contribution in [0.25, 0.3) is 0 Å². The Morgan fingerprint density at radius 3 is 2.94 bits per heavy atom. The van der Waals surface area contributed by atoms with Crippen LogP contribution in [0.2, 0.25) is 0 Å². The summed E-state index contributed by atoms with van der Waals surface area (Å²) in [5.74, 6) is 2.21. The Hall–Kier alpha value is -0.940. The smallest absolute Gasteiger partial charge is 0.243 e. The molecule has 0 aromatic carbocycles. The van der Waals surface area contributed by atoms with E-state index < -0.39 is 0 Å². The molecule has 0 spiro atoms. The zero-order chi connectivity index (χ0) is 11.8. The normalized spacial score (nSPS) is 28.2. The molecule has 0 radical (unpaired) electrons.